The van der Waals surface area contributed by atoms with Crippen LogP contribution in [-0.4, -0.2) is 35.6 Å². The maximum absolute atomic E-state index is 13.0. The molecule has 1 aromatic rings. The number of urea groups is 1. The lowest BCUT2D eigenvalue weighted by atomic mass is 9.82. The van der Waals surface area contributed by atoms with Gasteiger partial charge in [-0.25, -0.2) is 4.79 Å². The summed E-state index contributed by atoms with van der Waals surface area (Å²) in [6.07, 6.45) is -4.48. The number of benzene rings is 1. The minimum Gasteiger partial charge on any atom is -0.481 e. The molecule has 8 heteroatoms. The summed E-state index contributed by atoms with van der Waals surface area (Å²) < 4.78 is 39.0. The molecule has 146 valence electrons. The van der Waals surface area contributed by atoms with Gasteiger partial charge in [-0.1, -0.05) is 39.8 Å². The smallest absolute Gasteiger partial charge is 0.416 e. The molecule has 2 amide bonds. The highest BCUT2D eigenvalue weighted by molar-refractivity contribution is 5.76. The Morgan fingerprint density at radius 1 is 1.23 bits per heavy atom. The van der Waals surface area contributed by atoms with Gasteiger partial charge in [0.2, 0.25) is 0 Å². The quantitative estimate of drug-likeness (QED) is 0.813. The Hall–Kier alpha value is -2.25. The van der Waals surface area contributed by atoms with Crippen molar-refractivity contribution in [2.75, 3.05) is 13.6 Å². The van der Waals surface area contributed by atoms with Gasteiger partial charge in [-0.05, 0) is 23.1 Å². The molecule has 26 heavy (non-hydrogen) atoms. The van der Waals surface area contributed by atoms with Crippen molar-refractivity contribution in [1.82, 2.24) is 10.2 Å². The van der Waals surface area contributed by atoms with Crippen LogP contribution < -0.4 is 5.32 Å². The first kappa shape index (κ1) is 21.8. The molecule has 0 saturated heterocycles. The van der Waals surface area contributed by atoms with Gasteiger partial charge in [0.15, 0.2) is 0 Å². The molecule has 0 saturated carbocycles. The second-order valence-corrected chi connectivity index (χ2v) is 7.49. The van der Waals surface area contributed by atoms with Gasteiger partial charge in [-0.2, -0.15) is 13.2 Å². The van der Waals surface area contributed by atoms with Crippen molar-refractivity contribution < 1.29 is 27.9 Å². The lowest BCUT2D eigenvalue weighted by molar-refractivity contribution is -0.141. The van der Waals surface area contributed by atoms with Crippen molar-refractivity contribution in [3.05, 3.63) is 35.4 Å². The molecule has 1 rings (SSSR count). The number of carbonyl (C=O) groups excluding carboxylic acids is 1. The van der Waals surface area contributed by atoms with E-state index in [1.54, 1.807) is 20.8 Å². The zero-order valence-electron chi connectivity index (χ0n) is 15.5. The fourth-order valence-electron chi connectivity index (χ4n) is 2.50. The molecule has 0 spiro atoms. The Bertz CT molecular complexity index is 654. The number of aliphatic carboxylic acids is 1. The third-order valence-electron chi connectivity index (χ3n) is 4.00. The maximum Gasteiger partial charge on any atom is 0.416 e. The Labute approximate surface area is 151 Å². The van der Waals surface area contributed by atoms with E-state index in [9.17, 15) is 22.8 Å². The number of hydrogen-bond acceptors (Lipinski definition) is 2. The third kappa shape index (κ3) is 5.93. The SMILES string of the molecule is CC(CN(C)C(=O)NC(c1cccc(C(F)(F)F)c1)C(C)(C)C)C(=O)O. The van der Waals surface area contributed by atoms with Crippen LogP contribution in [0.2, 0.25) is 0 Å². The Morgan fingerprint density at radius 2 is 1.81 bits per heavy atom. The normalized spacial score (nSPS) is 14.5. The number of halogens is 3. The van der Waals surface area contributed by atoms with E-state index in [1.165, 1.54) is 31.0 Å². The van der Waals surface area contributed by atoms with Crippen molar-refractivity contribution in [2.45, 2.75) is 39.9 Å². The van der Waals surface area contributed by atoms with Crippen LogP contribution in [0, 0.1) is 11.3 Å². The summed E-state index contributed by atoms with van der Waals surface area (Å²) >= 11 is 0. The molecule has 0 fully saturated rings. The van der Waals surface area contributed by atoms with Crippen LogP contribution in [0.15, 0.2) is 24.3 Å². The van der Waals surface area contributed by atoms with Crippen LogP contribution in [0.4, 0.5) is 18.0 Å². The number of carbonyl (C=O) groups is 2. The average Bonchev–Trinajstić information content (AvgIpc) is 2.50. The molecule has 0 aliphatic heterocycles. The molecule has 0 heterocycles. The molecule has 0 aliphatic rings. The number of hydrogen-bond donors (Lipinski definition) is 2. The number of carboxylic acids is 1. The van der Waals surface area contributed by atoms with Crippen LogP contribution in [0.3, 0.4) is 0 Å². The van der Waals surface area contributed by atoms with E-state index in [0.717, 1.165) is 12.1 Å². The molecule has 5 nitrogen and oxygen atoms in total. The summed E-state index contributed by atoms with van der Waals surface area (Å²) in [6.45, 7) is 6.87. The number of alkyl halides is 3. The second kappa shape index (κ2) is 7.97. The molecule has 1 aromatic carbocycles. The van der Waals surface area contributed by atoms with E-state index in [1.807, 2.05) is 0 Å². The zero-order valence-corrected chi connectivity index (χ0v) is 15.5. The van der Waals surface area contributed by atoms with E-state index in [4.69, 9.17) is 5.11 Å². The maximum atomic E-state index is 13.0. The number of rotatable bonds is 5. The fraction of sp³-hybridized carbons (Fsp3) is 0.556. The molecule has 0 aliphatic carbocycles. The summed E-state index contributed by atoms with van der Waals surface area (Å²) in [5.41, 5.74) is -1.01. The summed E-state index contributed by atoms with van der Waals surface area (Å²) in [6, 6.07) is 3.61. The first-order chi connectivity index (χ1) is 11.7. The van der Waals surface area contributed by atoms with Gasteiger partial charge in [0.25, 0.3) is 0 Å². The number of amides is 2. The zero-order chi connectivity index (χ0) is 20.3. The predicted molar refractivity (Wildman–Crippen MR) is 91.6 cm³/mol. The van der Waals surface area contributed by atoms with Crippen molar-refractivity contribution in [1.29, 1.82) is 0 Å². The summed E-state index contributed by atoms with van der Waals surface area (Å²) in [5, 5.41) is 11.7. The largest absolute Gasteiger partial charge is 0.481 e. The van der Waals surface area contributed by atoms with E-state index in [0.29, 0.717) is 5.56 Å². The molecular formula is C18H25F3N2O3. The molecule has 2 unspecified atom stereocenters. The van der Waals surface area contributed by atoms with Gasteiger partial charge in [0.1, 0.15) is 0 Å². The van der Waals surface area contributed by atoms with Gasteiger partial charge in [-0.3, -0.25) is 4.79 Å². The fourth-order valence-corrected chi connectivity index (χ4v) is 2.50. The second-order valence-electron chi connectivity index (χ2n) is 7.49. The highest BCUT2D eigenvalue weighted by atomic mass is 19.4. The molecule has 2 N–H and O–H groups in total. The molecular weight excluding hydrogens is 349 g/mol. The Morgan fingerprint density at radius 3 is 2.27 bits per heavy atom. The van der Waals surface area contributed by atoms with Crippen molar-refractivity contribution in [2.24, 2.45) is 11.3 Å². The molecule has 0 bridgehead atoms. The summed E-state index contributed by atoms with van der Waals surface area (Å²) in [5.74, 6) is -1.79. The van der Waals surface area contributed by atoms with Gasteiger partial charge < -0.3 is 15.3 Å². The van der Waals surface area contributed by atoms with E-state index >= 15 is 0 Å². The average molecular weight is 374 g/mol. The molecule has 0 aromatic heterocycles. The highest BCUT2D eigenvalue weighted by Crippen LogP contribution is 2.36. The Kier molecular flexibility index (Phi) is 6.68. The van der Waals surface area contributed by atoms with Crippen LogP contribution >= 0.6 is 0 Å². The lowest BCUT2D eigenvalue weighted by Crippen LogP contribution is -2.45. The van der Waals surface area contributed by atoms with Gasteiger partial charge >= 0.3 is 18.2 Å². The lowest BCUT2D eigenvalue weighted by Gasteiger charge is -2.34. The van der Waals surface area contributed by atoms with Crippen LogP contribution in [0.25, 0.3) is 0 Å². The van der Waals surface area contributed by atoms with Gasteiger partial charge in [-0.15, -0.1) is 0 Å². The van der Waals surface area contributed by atoms with E-state index in [2.05, 4.69) is 5.32 Å². The monoisotopic (exact) mass is 374 g/mol. The van der Waals surface area contributed by atoms with Crippen LogP contribution in [0.5, 0.6) is 0 Å². The summed E-state index contributed by atoms with van der Waals surface area (Å²) in [4.78, 5) is 24.6. The minimum atomic E-state index is -4.48. The molecule has 2 atom stereocenters. The Balaban J connectivity index is 3.06. The highest BCUT2D eigenvalue weighted by Gasteiger charge is 2.34. The third-order valence-corrected chi connectivity index (χ3v) is 4.00. The predicted octanol–water partition coefficient (Wildman–Crippen LogP) is 4.15. The number of carboxylic acid groups (broad SMARTS) is 1. The van der Waals surface area contributed by atoms with Crippen LogP contribution in [-0.2, 0) is 11.0 Å². The van der Waals surface area contributed by atoms with E-state index < -0.39 is 41.1 Å². The topological polar surface area (TPSA) is 69.6 Å². The molecule has 0 radical (unpaired) electrons. The van der Waals surface area contributed by atoms with Crippen LogP contribution in [0.1, 0.15) is 44.9 Å². The van der Waals surface area contributed by atoms with Crippen molar-refractivity contribution in [3.63, 3.8) is 0 Å². The number of nitrogens with one attached hydrogen (secondary N) is 1. The first-order valence-electron chi connectivity index (χ1n) is 8.15. The van der Waals surface area contributed by atoms with Gasteiger partial charge in [0.05, 0.1) is 17.5 Å². The van der Waals surface area contributed by atoms with Gasteiger partial charge in [0, 0.05) is 13.6 Å². The summed E-state index contributed by atoms with van der Waals surface area (Å²) in [7, 11) is 1.45. The number of nitrogens with zero attached hydrogens (tertiary/aromatic N) is 1. The van der Waals surface area contributed by atoms with E-state index in [-0.39, 0.29) is 6.54 Å². The van der Waals surface area contributed by atoms with Crippen molar-refractivity contribution >= 4 is 12.0 Å². The first-order valence-corrected chi connectivity index (χ1v) is 8.15. The van der Waals surface area contributed by atoms with Crippen molar-refractivity contribution in [3.8, 4) is 0 Å². The standard InChI is InChI=1S/C18H25F3N2O3/c1-11(15(24)25)10-23(5)16(26)22-14(17(2,3)4)12-7-6-8-13(9-12)18(19,20)21/h6-9,11,14H,10H2,1-5H3,(H,22,26)(H,24,25). The minimum absolute atomic E-state index is 0.0133.